The van der Waals surface area contributed by atoms with Crippen LogP contribution in [0.5, 0.6) is 0 Å². The molecule has 0 heterocycles. The zero-order valence-electron chi connectivity index (χ0n) is 11.9. The van der Waals surface area contributed by atoms with Crippen molar-refractivity contribution in [3.8, 4) is 0 Å². The topological polar surface area (TPSA) is 35.5 Å². The lowest BCUT2D eigenvalue weighted by Gasteiger charge is -2.31. The predicted molar refractivity (Wildman–Crippen MR) is 75.8 cm³/mol. The van der Waals surface area contributed by atoms with Crippen LogP contribution in [-0.2, 0) is 0 Å². The van der Waals surface area contributed by atoms with Crippen LogP contribution >= 0.6 is 0 Å². The highest BCUT2D eigenvalue weighted by Crippen LogP contribution is 2.21. The third-order valence-corrected chi connectivity index (χ3v) is 4.77. The van der Waals surface area contributed by atoms with Gasteiger partial charge in [0.1, 0.15) is 0 Å². The molecule has 3 nitrogen and oxygen atoms in total. The van der Waals surface area contributed by atoms with Gasteiger partial charge in [0, 0.05) is 12.1 Å². The van der Waals surface area contributed by atoms with E-state index >= 15 is 0 Å². The van der Waals surface area contributed by atoms with Crippen LogP contribution in [0, 0.1) is 0 Å². The number of nitrogens with one attached hydrogen (secondary N) is 1. The van der Waals surface area contributed by atoms with Gasteiger partial charge in [-0.05, 0) is 58.7 Å². The monoisotopic (exact) mass is 254 g/mol. The lowest BCUT2D eigenvalue weighted by Crippen LogP contribution is -2.39. The van der Waals surface area contributed by atoms with Crippen molar-refractivity contribution in [2.75, 3.05) is 20.1 Å². The summed E-state index contributed by atoms with van der Waals surface area (Å²) in [7, 11) is 2.28. The van der Waals surface area contributed by atoms with Crippen molar-refractivity contribution in [3.63, 3.8) is 0 Å². The predicted octanol–water partition coefficient (Wildman–Crippen LogP) is 2.14. The minimum atomic E-state index is -0.0962. The standard InChI is InChI=1S/C15H30N2O/c1-17(13-7-3-2-4-8-13)12-6-11-16-14-9-5-10-15(14)18/h13-16,18H,2-12H2,1H3. The number of aliphatic hydroxyl groups excluding tert-OH is 1. The van der Waals surface area contributed by atoms with E-state index in [1.807, 2.05) is 0 Å². The Labute approximate surface area is 112 Å². The summed E-state index contributed by atoms with van der Waals surface area (Å²) in [6.45, 7) is 2.25. The van der Waals surface area contributed by atoms with Gasteiger partial charge >= 0.3 is 0 Å². The molecule has 0 aliphatic heterocycles. The van der Waals surface area contributed by atoms with Crippen LogP contribution in [-0.4, -0.2) is 48.3 Å². The van der Waals surface area contributed by atoms with Gasteiger partial charge in [-0.2, -0.15) is 0 Å². The van der Waals surface area contributed by atoms with Gasteiger partial charge in [-0.3, -0.25) is 0 Å². The summed E-state index contributed by atoms with van der Waals surface area (Å²) in [4.78, 5) is 2.55. The highest BCUT2D eigenvalue weighted by Gasteiger charge is 2.24. The molecule has 0 saturated heterocycles. The van der Waals surface area contributed by atoms with Gasteiger partial charge in [0.2, 0.25) is 0 Å². The summed E-state index contributed by atoms with van der Waals surface area (Å²) in [6, 6.07) is 1.20. The molecule has 2 unspecified atom stereocenters. The van der Waals surface area contributed by atoms with Gasteiger partial charge < -0.3 is 15.3 Å². The van der Waals surface area contributed by atoms with Crippen LogP contribution in [0.1, 0.15) is 57.8 Å². The average molecular weight is 254 g/mol. The van der Waals surface area contributed by atoms with Crippen molar-refractivity contribution in [3.05, 3.63) is 0 Å². The Morgan fingerprint density at radius 1 is 1.06 bits per heavy atom. The van der Waals surface area contributed by atoms with Crippen molar-refractivity contribution in [1.82, 2.24) is 10.2 Å². The van der Waals surface area contributed by atoms with Crippen LogP contribution in [0.15, 0.2) is 0 Å². The minimum Gasteiger partial charge on any atom is -0.392 e. The lowest BCUT2D eigenvalue weighted by molar-refractivity contribution is 0.146. The van der Waals surface area contributed by atoms with Crippen LogP contribution in [0.2, 0.25) is 0 Å². The average Bonchev–Trinajstić information content (AvgIpc) is 2.81. The molecule has 106 valence electrons. The molecule has 2 N–H and O–H groups in total. The van der Waals surface area contributed by atoms with Crippen LogP contribution < -0.4 is 5.32 Å². The first-order valence-electron chi connectivity index (χ1n) is 7.89. The summed E-state index contributed by atoms with van der Waals surface area (Å²) in [5.41, 5.74) is 0. The normalized spacial score (nSPS) is 30.2. The molecule has 2 fully saturated rings. The SMILES string of the molecule is CN(CCCNC1CCCC1O)C1CCCCC1. The highest BCUT2D eigenvalue weighted by molar-refractivity contribution is 4.82. The second-order valence-electron chi connectivity index (χ2n) is 6.18. The van der Waals surface area contributed by atoms with Gasteiger partial charge in [0.15, 0.2) is 0 Å². The van der Waals surface area contributed by atoms with Gasteiger partial charge in [0.05, 0.1) is 6.10 Å². The number of hydrogen-bond acceptors (Lipinski definition) is 3. The Hall–Kier alpha value is -0.120. The van der Waals surface area contributed by atoms with E-state index in [-0.39, 0.29) is 6.10 Å². The Kier molecular flexibility index (Phi) is 5.93. The number of hydrogen-bond donors (Lipinski definition) is 2. The molecule has 0 aromatic rings. The van der Waals surface area contributed by atoms with E-state index in [0.717, 1.165) is 25.4 Å². The molecule has 0 bridgehead atoms. The molecule has 2 rings (SSSR count). The van der Waals surface area contributed by atoms with E-state index in [4.69, 9.17) is 0 Å². The summed E-state index contributed by atoms with van der Waals surface area (Å²) < 4.78 is 0. The highest BCUT2D eigenvalue weighted by atomic mass is 16.3. The molecule has 0 amide bonds. The first kappa shape index (κ1) is 14.3. The summed E-state index contributed by atoms with van der Waals surface area (Å²) in [6.07, 6.45) is 11.5. The Morgan fingerprint density at radius 3 is 2.50 bits per heavy atom. The van der Waals surface area contributed by atoms with E-state index in [9.17, 15) is 5.11 Å². The molecule has 2 aliphatic carbocycles. The second-order valence-corrected chi connectivity index (χ2v) is 6.18. The molecule has 0 radical (unpaired) electrons. The first-order valence-corrected chi connectivity index (χ1v) is 7.89. The quantitative estimate of drug-likeness (QED) is 0.713. The summed E-state index contributed by atoms with van der Waals surface area (Å²) in [5.74, 6) is 0. The van der Waals surface area contributed by atoms with Crippen LogP contribution in [0.3, 0.4) is 0 Å². The van der Waals surface area contributed by atoms with Crippen molar-refractivity contribution in [2.45, 2.75) is 76.0 Å². The number of aliphatic hydroxyl groups is 1. The van der Waals surface area contributed by atoms with Crippen molar-refractivity contribution in [2.24, 2.45) is 0 Å². The zero-order chi connectivity index (χ0) is 12.8. The maximum absolute atomic E-state index is 9.73. The van der Waals surface area contributed by atoms with Gasteiger partial charge in [-0.25, -0.2) is 0 Å². The van der Waals surface area contributed by atoms with Crippen LogP contribution in [0.4, 0.5) is 0 Å². The smallest absolute Gasteiger partial charge is 0.0693 e. The fourth-order valence-electron chi connectivity index (χ4n) is 3.50. The number of nitrogens with zero attached hydrogens (tertiary/aromatic N) is 1. The van der Waals surface area contributed by atoms with E-state index in [1.165, 1.54) is 51.5 Å². The minimum absolute atomic E-state index is 0.0962. The third-order valence-electron chi connectivity index (χ3n) is 4.77. The largest absolute Gasteiger partial charge is 0.392 e. The molecule has 18 heavy (non-hydrogen) atoms. The molecule has 2 saturated carbocycles. The first-order chi connectivity index (χ1) is 8.77. The Balaban J connectivity index is 1.54. The lowest BCUT2D eigenvalue weighted by atomic mass is 9.94. The fourth-order valence-corrected chi connectivity index (χ4v) is 3.50. The summed E-state index contributed by atoms with van der Waals surface area (Å²) in [5, 5.41) is 13.2. The van der Waals surface area contributed by atoms with Crippen molar-refractivity contribution >= 4 is 0 Å². The van der Waals surface area contributed by atoms with Crippen LogP contribution in [0.25, 0.3) is 0 Å². The Bertz CT molecular complexity index is 229. The molecule has 0 spiro atoms. The van der Waals surface area contributed by atoms with E-state index in [0.29, 0.717) is 6.04 Å². The van der Waals surface area contributed by atoms with Gasteiger partial charge in [-0.15, -0.1) is 0 Å². The molecule has 2 atom stereocenters. The van der Waals surface area contributed by atoms with Crippen molar-refractivity contribution in [1.29, 1.82) is 0 Å². The van der Waals surface area contributed by atoms with Gasteiger partial charge in [0.25, 0.3) is 0 Å². The van der Waals surface area contributed by atoms with Gasteiger partial charge in [-0.1, -0.05) is 19.3 Å². The van der Waals surface area contributed by atoms with E-state index < -0.39 is 0 Å². The molecule has 0 aromatic carbocycles. The molecular formula is C15H30N2O. The van der Waals surface area contributed by atoms with E-state index in [2.05, 4.69) is 17.3 Å². The molecular weight excluding hydrogens is 224 g/mol. The molecule has 2 aliphatic rings. The second kappa shape index (κ2) is 7.46. The fraction of sp³-hybridized carbons (Fsp3) is 1.00. The maximum Gasteiger partial charge on any atom is 0.0693 e. The Morgan fingerprint density at radius 2 is 1.83 bits per heavy atom. The number of rotatable bonds is 6. The molecule has 0 aromatic heterocycles. The summed E-state index contributed by atoms with van der Waals surface area (Å²) >= 11 is 0. The molecule has 3 heteroatoms. The maximum atomic E-state index is 9.73. The van der Waals surface area contributed by atoms with E-state index in [1.54, 1.807) is 0 Å². The third kappa shape index (κ3) is 4.22. The van der Waals surface area contributed by atoms with Crippen molar-refractivity contribution < 1.29 is 5.11 Å². The zero-order valence-corrected chi connectivity index (χ0v) is 11.9.